The quantitative estimate of drug-likeness (QED) is 0.733. The molecular weight excluding hydrogens is 383 g/mol. The first kappa shape index (κ1) is 17.8. The van der Waals surface area contributed by atoms with Gasteiger partial charge in [0.2, 0.25) is 10.0 Å². The zero-order valence-corrected chi connectivity index (χ0v) is 14.6. The molecule has 0 spiro atoms. The van der Waals surface area contributed by atoms with Gasteiger partial charge in [0.1, 0.15) is 11.6 Å². The molecule has 2 heterocycles. The normalized spacial score (nSPS) is 16.4. The second kappa shape index (κ2) is 6.24. The fourth-order valence-corrected chi connectivity index (χ4v) is 4.47. The van der Waals surface area contributed by atoms with Gasteiger partial charge in [-0.05, 0) is 36.4 Å². The van der Waals surface area contributed by atoms with E-state index >= 15 is 0 Å². The van der Waals surface area contributed by atoms with Crippen LogP contribution in [0.3, 0.4) is 0 Å². The van der Waals surface area contributed by atoms with Crippen LogP contribution >= 0.6 is 0 Å². The van der Waals surface area contributed by atoms with Crippen molar-refractivity contribution in [2.45, 2.75) is 17.2 Å². The number of rotatable bonds is 4. The summed E-state index contributed by atoms with van der Waals surface area (Å²) in [5.41, 5.74) is 1.70. The minimum Gasteiger partial charge on any atom is -0.406 e. The lowest BCUT2D eigenvalue weighted by Crippen LogP contribution is -2.48. The molecule has 27 heavy (non-hydrogen) atoms. The van der Waals surface area contributed by atoms with Crippen LogP contribution in [0, 0.1) is 0 Å². The summed E-state index contributed by atoms with van der Waals surface area (Å²) >= 11 is 0. The number of nitrogens with one attached hydrogen (secondary N) is 1. The van der Waals surface area contributed by atoms with Crippen molar-refractivity contribution in [1.29, 1.82) is 0 Å². The van der Waals surface area contributed by atoms with Crippen molar-refractivity contribution >= 4 is 21.1 Å². The average Bonchev–Trinajstić information content (AvgIpc) is 2.95. The van der Waals surface area contributed by atoms with Crippen LogP contribution in [0.4, 0.5) is 13.2 Å². The van der Waals surface area contributed by atoms with Gasteiger partial charge in [0, 0.05) is 19.0 Å². The first-order valence-electron chi connectivity index (χ1n) is 8.03. The van der Waals surface area contributed by atoms with Gasteiger partial charge in [-0.15, -0.1) is 13.2 Å². The summed E-state index contributed by atoms with van der Waals surface area (Å²) in [6.45, 7) is 0.506. The van der Waals surface area contributed by atoms with Gasteiger partial charge < -0.3 is 9.72 Å². The Hall–Kier alpha value is -2.59. The Bertz CT molecular complexity index is 1040. The summed E-state index contributed by atoms with van der Waals surface area (Å²) in [7, 11) is -3.78. The van der Waals surface area contributed by atoms with Crippen LogP contribution in [-0.2, 0) is 10.0 Å². The molecule has 2 aromatic carbocycles. The Balaban J connectivity index is 1.46. The van der Waals surface area contributed by atoms with Gasteiger partial charge in [-0.2, -0.15) is 4.31 Å². The van der Waals surface area contributed by atoms with Crippen molar-refractivity contribution in [2.24, 2.45) is 0 Å². The Morgan fingerprint density at radius 2 is 1.74 bits per heavy atom. The topological polar surface area (TPSA) is 75.3 Å². The molecule has 0 atom stereocenters. The van der Waals surface area contributed by atoms with Crippen LogP contribution in [0.2, 0.25) is 0 Å². The van der Waals surface area contributed by atoms with E-state index in [4.69, 9.17) is 0 Å². The Morgan fingerprint density at radius 3 is 2.37 bits per heavy atom. The lowest BCUT2D eigenvalue weighted by Gasteiger charge is -2.36. The van der Waals surface area contributed by atoms with E-state index in [9.17, 15) is 21.6 Å². The van der Waals surface area contributed by atoms with Crippen molar-refractivity contribution in [3.8, 4) is 5.75 Å². The van der Waals surface area contributed by atoms with Crippen LogP contribution in [0.1, 0.15) is 11.7 Å². The third-order valence-corrected chi connectivity index (χ3v) is 6.18. The van der Waals surface area contributed by atoms with E-state index in [0.29, 0.717) is 0 Å². The largest absolute Gasteiger partial charge is 0.573 e. The van der Waals surface area contributed by atoms with Gasteiger partial charge in [-0.1, -0.05) is 12.1 Å². The molecule has 6 nitrogen and oxygen atoms in total. The zero-order chi connectivity index (χ0) is 19.2. The molecule has 0 bridgehead atoms. The highest BCUT2D eigenvalue weighted by molar-refractivity contribution is 7.89. The maximum Gasteiger partial charge on any atom is 0.573 e. The number of nitrogens with zero attached hydrogens (tertiary/aromatic N) is 2. The van der Waals surface area contributed by atoms with E-state index in [-0.39, 0.29) is 23.9 Å². The van der Waals surface area contributed by atoms with E-state index in [1.54, 1.807) is 0 Å². The summed E-state index contributed by atoms with van der Waals surface area (Å²) in [5.74, 6) is 0.196. The van der Waals surface area contributed by atoms with Crippen molar-refractivity contribution in [3.05, 3.63) is 54.4 Å². The highest BCUT2D eigenvalue weighted by Gasteiger charge is 2.39. The number of sulfonamides is 1. The van der Waals surface area contributed by atoms with E-state index in [0.717, 1.165) is 41.1 Å². The number of alkyl halides is 3. The maximum atomic E-state index is 12.6. The molecule has 1 N–H and O–H groups in total. The standard InChI is InChI=1S/C17H14F3N3O3S/c18-17(19,20)26-12-5-7-13(8-6-12)27(24,25)23-9-11(10-23)16-21-14-3-1-2-4-15(14)22-16/h1-8,11H,9-10H2,(H,21,22). The van der Waals surface area contributed by atoms with Crippen molar-refractivity contribution < 1.29 is 26.3 Å². The molecule has 0 unspecified atom stereocenters. The van der Waals surface area contributed by atoms with Crippen LogP contribution in [0.25, 0.3) is 11.0 Å². The molecule has 0 saturated carbocycles. The monoisotopic (exact) mass is 397 g/mol. The maximum absolute atomic E-state index is 12.6. The number of ether oxygens (including phenoxy) is 1. The van der Waals surface area contributed by atoms with Crippen molar-refractivity contribution in [3.63, 3.8) is 0 Å². The number of H-pyrrole nitrogens is 1. The molecule has 1 aliphatic heterocycles. The average molecular weight is 397 g/mol. The summed E-state index contributed by atoms with van der Waals surface area (Å²) in [6.07, 6.45) is -4.82. The SMILES string of the molecule is O=S(=O)(c1ccc(OC(F)(F)F)cc1)N1CC(c2nc3ccccc3[nH]2)C1. The number of fused-ring (bicyclic) bond motifs is 1. The van der Waals surface area contributed by atoms with Crippen LogP contribution in [-0.4, -0.2) is 42.1 Å². The Morgan fingerprint density at radius 1 is 1.07 bits per heavy atom. The van der Waals surface area contributed by atoms with E-state index < -0.39 is 22.1 Å². The number of hydrogen-bond donors (Lipinski definition) is 1. The fourth-order valence-electron chi connectivity index (χ4n) is 2.94. The second-order valence-electron chi connectivity index (χ2n) is 6.18. The van der Waals surface area contributed by atoms with E-state index in [1.165, 1.54) is 4.31 Å². The third-order valence-electron chi connectivity index (χ3n) is 4.34. The van der Waals surface area contributed by atoms with Gasteiger partial charge in [0.15, 0.2) is 0 Å². The minimum atomic E-state index is -4.82. The molecule has 142 valence electrons. The number of para-hydroxylation sites is 2. The number of halogens is 3. The molecule has 1 aromatic heterocycles. The molecule has 3 aromatic rings. The molecule has 0 amide bonds. The predicted molar refractivity (Wildman–Crippen MR) is 90.7 cm³/mol. The van der Waals surface area contributed by atoms with Crippen LogP contribution in [0.15, 0.2) is 53.4 Å². The second-order valence-corrected chi connectivity index (χ2v) is 8.12. The molecular formula is C17H14F3N3O3S. The number of aromatic amines is 1. The summed E-state index contributed by atoms with van der Waals surface area (Å²) in [4.78, 5) is 7.57. The van der Waals surface area contributed by atoms with Crippen LogP contribution in [0.5, 0.6) is 5.75 Å². The van der Waals surface area contributed by atoms with Gasteiger partial charge in [-0.3, -0.25) is 0 Å². The lowest BCUT2D eigenvalue weighted by molar-refractivity contribution is -0.274. The van der Waals surface area contributed by atoms with E-state index in [2.05, 4.69) is 14.7 Å². The number of hydrogen-bond acceptors (Lipinski definition) is 4. The van der Waals surface area contributed by atoms with Gasteiger partial charge in [-0.25, -0.2) is 13.4 Å². The molecule has 1 fully saturated rings. The van der Waals surface area contributed by atoms with Crippen molar-refractivity contribution in [1.82, 2.24) is 14.3 Å². The van der Waals surface area contributed by atoms with Gasteiger partial charge in [0.05, 0.1) is 15.9 Å². The van der Waals surface area contributed by atoms with E-state index in [1.807, 2.05) is 24.3 Å². The van der Waals surface area contributed by atoms with Crippen molar-refractivity contribution in [2.75, 3.05) is 13.1 Å². The summed E-state index contributed by atoms with van der Waals surface area (Å²) in [6, 6.07) is 11.7. The highest BCUT2D eigenvalue weighted by atomic mass is 32.2. The third kappa shape index (κ3) is 3.50. The number of benzene rings is 2. The Kier molecular flexibility index (Phi) is 4.11. The summed E-state index contributed by atoms with van der Waals surface area (Å²) in [5, 5.41) is 0. The molecule has 0 aliphatic carbocycles. The predicted octanol–water partition coefficient (Wildman–Crippen LogP) is 3.25. The smallest absolute Gasteiger partial charge is 0.406 e. The first-order valence-corrected chi connectivity index (χ1v) is 9.47. The molecule has 4 rings (SSSR count). The lowest BCUT2D eigenvalue weighted by atomic mass is 10.0. The minimum absolute atomic E-state index is 0.0555. The van der Waals surface area contributed by atoms with Gasteiger partial charge >= 0.3 is 6.36 Å². The summed E-state index contributed by atoms with van der Waals surface area (Å²) < 4.78 is 66.8. The molecule has 1 aliphatic rings. The van der Waals surface area contributed by atoms with Gasteiger partial charge in [0.25, 0.3) is 0 Å². The molecule has 10 heteroatoms. The fraction of sp³-hybridized carbons (Fsp3) is 0.235. The molecule has 1 saturated heterocycles. The Labute approximate surface area is 152 Å². The molecule has 0 radical (unpaired) electrons. The number of aromatic nitrogens is 2. The first-order chi connectivity index (χ1) is 12.7. The zero-order valence-electron chi connectivity index (χ0n) is 13.8. The van der Waals surface area contributed by atoms with Crippen LogP contribution < -0.4 is 4.74 Å². The number of imidazole rings is 1. The highest BCUT2D eigenvalue weighted by Crippen LogP contribution is 2.32.